The monoisotopic (exact) mass is 406 g/mol. The zero-order chi connectivity index (χ0) is 20.4. The van der Waals surface area contributed by atoms with Crippen LogP contribution < -0.4 is 10.1 Å². The summed E-state index contributed by atoms with van der Waals surface area (Å²) in [6.07, 6.45) is -3.31. The number of rotatable bonds is 6. The number of hydrogen-bond acceptors (Lipinski definition) is 3. The molecule has 0 radical (unpaired) electrons. The second-order valence-corrected chi connectivity index (χ2v) is 5.50. The van der Waals surface area contributed by atoms with E-state index in [9.17, 15) is 22.4 Å². The summed E-state index contributed by atoms with van der Waals surface area (Å²) in [5.41, 5.74) is 0.842. The Labute approximate surface area is 159 Å². The fraction of sp³-hybridized carbons (Fsp3) is 0.333. The first-order chi connectivity index (χ1) is 12.7. The van der Waals surface area contributed by atoms with E-state index < -0.39 is 24.5 Å². The van der Waals surface area contributed by atoms with E-state index in [2.05, 4.69) is 15.0 Å². The predicted molar refractivity (Wildman–Crippen MR) is 94.1 cm³/mol. The molecule has 1 N–H and O–H groups in total. The molecular weight excluding hydrogens is 388 g/mol. The number of halogens is 5. The third-order valence-electron chi connectivity index (χ3n) is 3.03. The van der Waals surface area contributed by atoms with Crippen LogP contribution in [0.5, 0.6) is 5.88 Å². The number of hydrogen-bond donors (Lipinski definition) is 1. The van der Waals surface area contributed by atoms with Gasteiger partial charge in [-0.25, -0.2) is 9.37 Å². The number of carbonyl (C=O) groups excluding carboxylic acids is 1. The predicted octanol–water partition coefficient (Wildman–Crippen LogP) is 4.70. The first-order valence-electron chi connectivity index (χ1n) is 8.08. The van der Waals surface area contributed by atoms with Gasteiger partial charge in [-0.2, -0.15) is 13.2 Å². The van der Waals surface area contributed by atoms with Crippen molar-refractivity contribution in [3.63, 3.8) is 0 Å². The summed E-state index contributed by atoms with van der Waals surface area (Å²) in [6.45, 7) is 2.60. The van der Waals surface area contributed by atoms with Gasteiger partial charge in [-0.3, -0.25) is 4.79 Å². The number of nitrogens with zero attached hydrogens (tertiary/aromatic N) is 1. The van der Waals surface area contributed by atoms with E-state index in [4.69, 9.17) is 11.6 Å². The van der Waals surface area contributed by atoms with Crippen LogP contribution >= 0.6 is 11.6 Å². The Morgan fingerprint density at radius 1 is 1.22 bits per heavy atom. The number of alkyl halides is 3. The van der Waals surface area contributed by atoms with Crippen LogP contribution in [0.25, 0.3) is 0 Å². The Balaban J connectivity index is 0.00000176. The molecule has 0 fully saturated rings. The molecule has 1 aromatic carbocycles. The van der Waals surface area contributed by atoms with E-state index in [-0.39, 0.29) is 23.9 Å². The van der Waals surface area contributed by atoms with Crippen molar-refractivity contribution in [3.05, 3.63) is 58.5 Å². The molecule has 0 aliphatic rings. The van der Waals surface area contributed by atoms with Crippen molar-refractivity contribution in [2.45, 2.75) is 33.0 Å². The molecule has 0 saturated carbocycles. The van der Waals surface area contributed by atoms with Gasteiger partial charge in [-0.15, -0.1) is 0 Å². The number of pyridine rings is 1. The Morgan fingerprint density at radius 3 is 2.59 bits per heavy atom. The number of amides is 1. The number of aromatic nitrogens is 1. The first kappa shape index (κ1) is 22.7. The van der Waals surface area contributed by atoms with E-state index >= 15 is 0 Å². The molecule has 0 saturated heterocycles. The lowest BCUT2D eigenvalue weighted by Gasteiger charge is -2.10. The van der Waals surface area contributed by atoms with Crippen LogP contribution in [0.2, 0.25) is 5.02 Å². The second kappa shape index (κ2) is 10.7. The van der Waals surface area contributed by atoms with Crippen molar-refractivity contribution >= 4 is 17.5 Å². The van der Waals surface area contributed by atoms with Crippen LogP contribution in [-0.4, -0.2) is 23.7 Å². The zero-order valence-electron chi connectivity index (χ0n) is 14.7. The normalized spacial score (nSPS) is 10.6. The molecule has 1 aromatic heterocycles. The van der Waals surface area contributed by atoms with Gasteiger partial charge < -0.3 is 10.1 Å². The smallest absolute Gasteiger partial charge is 0.422 e. The van der Waals surface area contributed by atoms with Crippen molar-refractivity contribution in [1.29, 1.82) is 0 Å². The summed E-state index contributed by atoms with van der Waals surface area (Å²) in [6, 6.07) is 6.52. The summed E-state index contributed by atoms with van der Waals surface area (Å²) >= 11 is 5.89. The highest BCUT2D eigenvalue weighted by Gasteiger charge is 2.28. The highest BCUT2D eigenvalue weighted by Crippen LogP contribution is 2.19. The molecule has 27 heavy (non-hydrogen) atoms. The Hall–Kier alpha value is -2.35. The molecule has 1 amide bonds. The maximum atomic E-state index is 13.2. The van der Waals surface area contributed by atoms with Gasteiger partial charge in [-0.05, 0) is 35.4 Å². The number of benzene rings is 1. The SMILES string of the molecule is CC.O=C(Cc1cc(F)ccc1Cl)NCc1ccnc(OCC(F)(F)F)c1. The summed E-state index contributed by atoms with van der Waals surface area (Å²) in [7, 11) is 0. The zero-order valence-corrected chi connectivity index (χ0v) is 15.5. The first-order valence-corrected chi connectivity index (χ1v) is 8.46. The average Bonchev–Trinajstić information content (AvgIpc) is 2.63. The van der Waals surface area contributed by atoms with Gasteiger partial charge >= 0.3 is 6.18 Å². The molecule has 2 rings (SSSR count). The van der Waals surface area contributed by atoms with Gasteiger partial charge in [-0.1, -0.05) is 25.4 Å². The van der Waals surface area contributed by atoms with E-state index in [0.29, 0.717) is 11.1 Å². The molecule has 2 aromatic rings. The van der Waals surface area contributed by atoms with Gasteiger partial charge in [0.2, 0.25) is 11.8 Å². The fourth-order valence-corrected chi connectivity index (χ4v) is 2.09. The number of ether oxygens (including phenoxy) is 1. The lowest BCUT2D eigenvalue weighted by Crippen LogP contribution is -2.25. The number of nitrogens with one attached hydrogen (secondary N) is 1. The van der Waals surface area contributed by atoms with Crippen molar-refractivity contribution in [1.82, 2.24) is 10.3 Å². The molecule has 0 bridgehead atoms. The average molecular weight is 407 g/mol. The molecule has 148 valence electrons. The van der Waals surface area contributed by atoms with Gasteiger partial charge in [0, 0.05) is 23.8 Å². The molecular formula is C18H19ClF4N2O2. The minimum Gasteiger partial charge on any atom is -0.468 e. The minimum absolute atomic E-state index is 0.0522. The second-order valence-electron chi connectivity index (χ2n) is 5.10. The Kier molecular flexibility index (Phi) is 9.00. The molecule has 4 nitrogen and oxygen atoms in total. The standard InChI is InChI=1S/C16H13ClF4N2O2.C2H6/c17-13-2-1-12(18)6-11(13)7-14(24)23-8-10-3-4-22-15(5-10)25-9-16(19,20)21;1-2/h1-6H,7-9H2,(H,23,24);1-2H3. The summed E-state index contributed by atoms with van der Waals surface area (Å²) in [5, 5.41) is 2.84. The third-order valence-corrected chi connectivity index (χ3v) is 3.40. The fourth-order valence-electron chi connectivity index (χ4n) is 1.91. The lowest BCUT2D eigenvalue weighted by molar-refractivity contribution is -0.154. The maximum Gasteiger partial charge on any atom is 0.422 e. The van der Waals surface area contributed by atoms with Crippen LogP contribution in [-0.2, 0) is 17.8 Å². The van der Waals surface area contributed by atoms with E-state index in [1.54, 1.807) is 0 Å². The van der Waals surface area contributed by atoms with E-state index in [1.807, 2.05) is 13.8 Å². The molecule has 9 heteroatoms. The van der Waals surface area contributed by atoms with Crippen molar-refractivity contribution < 1.29 is 27.1 Å². The molecule has 0 unspecified atom stereocenters. The topological polar surface area (TPSA) is 51.2 Å². The van der Waals surface area contributed by atoms with Crippen LogP contribution in [0.3, 0.4) is 0 Å². The van der Waals surface area contributed by atoms with Crippen molar-refractivity contribution in [2.24, 2.45) is 0 Å². The summed E-state index contributed by atoms with van der Waals surface area (Å²) in [4.78, 5) is 15.6. The largest absolute Gasteiger partial charge is 0.468 e. The van der Waals surface area contributed by atoms with Crippen LogP contribution in [0.1, 0.15) is 25.0 Å². The molecule has 0 aliphatic carbocycles. The van der Waals surface area contributed by atoms with Crippen LogP contribution in [0.4, 0.5) is 17.6 Å². The van der Waals surface area contributed by atoms with Gasteiger partial charge in [0.1, 0.15) is 5.82 Å². The van der Waals surface area contributed by atoms with E-state index in [0.717, 1.165) is 6.07 Å². The maximum absolute atomic E-state index is 13.2. The molecule has 0 aliphatic heterocycles. The van der Waals surface area contributed by atoms with Crippen molar-refractivity contribution in [2.75, 3.05) is 6.61 Å². The van der Waals surface area contributed by atoms with Crippen molar-refractivity contribution in [3.8, 4) is 5.88 Å². The van der Waals surface area contributed by atoms with E-state index in [1.165, 1.54) is 30.5 Å². The molecule has 0 spiro atoms. The Bertz CT molecular complexity index is 754. The number of carbonyl (C=O) groups is 1. The van der Waals surface area contributed by atoms with Gasteiger partial charge in [0.25, 0.3) is 0 Å². The quantitative estimate of drug-likeness (QED) is 0.707. The lowest BCUT2D eigenvalue weighted by atomic mass is 10.1. The summed E-state index contributed by atoms with van der Waals surface area (Å²) in [5.74, 6) is -1.12. The van der Waals surface area contributed by atoms with Crippen LogP contribution in [0, 0.1) is 5.82 Å². The molecule has 1 heterocycles. The van der Waals surface area contributed by atoms with Gasteiger partial charge in [0.15, 0.2) is 6.61 Å². The minimum atomic E-state index is -4.46. The highest BCUT2D eigenvalue weighted by atomic mass is 35.5. The third kappa shape index (κ3) is 8.72. The van der Waals surface area contributed by atoms with Crippen LogP contribution in [0.15, 0.2) is 36.5 Å². The molecule has 0 atom stereocenters. The Morgan fingerprint density at radius 2 is 1.93 bits per heavy atom. The van der Waals surface area contributed by atoms with Gasteiger partial charge in [0.05, 0.1) is 6.42 Å². The summed E-state index contributed by atoms with van der Waals surface area (Å²) < 4.78 is 54.0. The highest BCUT2D eigenvalue weighted by molar-refractivity contribution is 6.31.